The monoisotopic (exact) mass is 249 g/mol. The highest BCUT2D eigenvalue weighted by Crippen LogP contribution is 2.22. The molecular formula is C14H23N3O. The van der Waals surface area contributed by atoms with E-state index in [0.717, 1.165) is 32.2 Å². The van der Waals surface area contributed by atoms with Gasteiger partial charge in [0.25, 0.3) is 0 Å². The molecule has 1 aromatic rings. The number of nitrogens with zero attached hydrogens (tertiary/aromatic N) is 2. The molecule has 0 aliphatic heterocycles. The van der Waals surface area contributed by atoms with E-state index in [2.05, 4.69) is 21.8 Å². The van der Waals surface area contributed by atoms with Crippen LogP contribution in [0.1, 0.15) is 57.0 Å². The molecule has 4 heteroatoms. The molecule has 1 N–H and O–H groups in total. The number of amides is 1. The first-order chi connectivity index (χ1) is 8.74. The maximum atomic E-state index is 12.0. The molecule has 1 heterocycles. The van der Waals surface area contributed by atoms with Crippen LogP contribution in [0.15, 0.2) is 6.33 Å². The quantitative estimate of drug-likeness (QED) is 0.813. The lowest BCUT2D eigenvalue weighted by Gasteiger charge is -2.19. The summed E-state index contributed by atoms with van der Waals surface area (Å²) in [4.78, 5) is 16.5. The predicted octanol–water partition coefficient (Wildman–Crippen LogP) is 2.24. The molecule has 0 saturated carbocycles. The Bertz CT molecular complexity index is 411. The van der Waals surface area contributed by atoms with Crippen LogP contribution in [0.3, 0.4) is 0 Å². The smallest absolute Gasteiger partial charge is 0.242 e. The van der Waals surface area contributed by atoms with Crippen LogP contribution in [0.25, 0.3) is 0 Å². The first-order valence-corrected chi connectivity index (χ1v) is 7.06. The topological polar surface area (TPSA) is 46.9 Å². The number of aromatic nitrogens is 2. The van der Waals surface area contributed by atoms with E-state index in [4.69, 9.17) is 0 Å². The van der Waals surface area contributed by atoms with Gasteiger partial charge in [0.15, 0.2) is 0 Å². The third-order valence-corrected chi connectivity index (χ3v) is 3.69. The van der Waals surface area contributed by atoms with Crippen molar-refractivity contribution in [3.63, 3.8) is 0 Å². The Morgan fingerprint density at radius 2 is 2.28 bits per heavy atom. The Balaban J connectivity index is 2.02. The molecule has 1 amide bonds. The maximum Gasteiger partial charge on any atom is 0.242 e. The van der Waals surface area contributed by atoms with Crippen molar-refractivity contribution in [3.05, 3.63) is 17.7 Å². The van der Waals surface area contributed by atoms with E-state index < -0.39 is 0 Å². The van der Waals surface area contributed by atoms with Gasteiger partial charge in [-0.15, -0.1) is 0 Å². The van der Waals surface area contributed by atoms with Crippen molar-refractivity contribution in [1.82, 2.24) is 14.9 Å². The van der Waals surface area contributed by atoms with Crippen molar-refractivity contribution < 1.29 is 4.79 Å². The first-order valence-electron chi connectivity index (χ1n) is 7.06. The van der Waals surface area contributed by atoms with Gasteiger partial charge in [0.05, 0.1) is 12.0 Å². The zero-order valence-electron chi connectivity index (χ0n) is 11.4. The Hall–Kier alpha value is -1.32. The van der Waals surface area contributed by atoms with E-state index in [-0.39, 0.29) is 11.9 Å². The maximum absolute atomic E-state index is 12.0. The van der Waals surface area contributed by atoms with Crippen LogP contribution in [-0.2, 0) is 17.6 Å². The molecule has 100 valence electrons. The van der Waals surface area contributed by atoms with E-state index in [1.807, 2.05) is 13.3 Å². The summed E-state index contributed by atoms with van der Waals surface area (Å²) < 4.78 is 2.05. The number of fused-ring (bicyclic) bond motifs is 1. The molecule has 1 aromatic heterocycles. The Morgan fingerprint density at radius 3 is 3.06 bits per heavy atom. The zero-order chi connectivity index (χ0) is 13.0. The summed E-state index contributed by atoms with van der Waals surface area (Å²) in [5.41, 5.74) is 2.45. The van der Waals surface area contributed by atoms with Crippen LogP contribution < -0.4 is 5.32 Å². The van der Waals surface area contributed by atoms with Gasteiger partial charge in [-0.25, -0.2) is 4.98 Å². The third-order valence-electron chi connectivity index (χ3n) is 3.69. The summed E-state index contributed by atoms with van der Waals surface area (Å²) in [5, 5.41) is 2.99. The van der Waals surface area contributed by atoms with Gasteiger partial charge >= 0.3 is 0 Å². The van der Waals surface area contributed by atoms with Gasteiger partial charge in [0.1, 0.15) is 6.04 Å². The normalized spacial score (nSPS) is 16.1. The molecule has 4 nitrogen and oxygen atoms in total. The van der Waals surface area contributed by atoms with E-state index in [0.29, 0.717) is 0 Å². The summed E-state index contributed by atoms with van der Waals surface area (Å²) >= 11 is 0. The highest BCUT2D eigenvalue weighted by Gasteiger charge is 2.21. The largest absolute Gasteiger partial charge is 0.354 e. The fourth-order valence-electron chi connectivity index (χ4n) is 2.49. The lowest BCUT2D eigenvalue weighted by atomic mass is 10.0. The van der Waals surface area contributed by atoms with E-state index in [1.54, 1.807) is 0 Å². The van der Waals surface area contributed by atoms with Gasteiger partial charge in [0.2, 0.25) is 5.91 Å². The Labute approximate surface area is 109 Å². The fourth-order valence-corrected chi connectivity index (χ4v) is 2.49. The first kappa shape index (κ1) is 13.1. The number of unbranched alkanes of at least 4 members (excludes halogenated alkanes) is 1. The molecule has 0 radical (unpaired) electrons. The molecule has 1 atom stereocenters. The second-order valence-corrected chi connectivity index (χ2v) is 5.07. The number of carbonyl (C=O) groups excluding carboxylic acids is 1. The van der Waals surface area contributed by atoms with Gasteiger partial charge in [0, 0.05) is 12.2 Å². The lowest BCUT2D eigenvalue weighted by Crippen LogP contribution is -2.32. The minimum absolute atomic E-state index is 0.106. The molecule has 2 rings (SSSR count). The summed E-state index contributed by atoms with van der Waals surface area (Å²) in [6.45, 7) is 4.86. The van der Waals surface area contributed by atoms with Crippen LogP contribution in [0.5, 0.6) is 0 Å². The number of nitrogens with one attached hydrogen (secondary N) is 1. The minimum atomic E-state index is -0.142. The van der Waals surface area contributed by atoms with Crippen molar-refractivity contribution in [2.24, 2.45) is 0 Å². The average Bonchev–Trinajstić information content (AvgIpc) is 2.82. The standard InChI is InChI=1S/C14H23N3O/c1-3-4-9-15-14(18)11(2)17-10-16-12-7-5-6-8-13(12)17/h10-11H,3-9H2,1-2H3,(H,15,18). The summed E-state index contributed by atoms with van der Waals surface area (Å²) in [5.74, 6) is 0.106. The molecule has 1 unspecified atom stereocenters. The zero-order valence-corrected chi connectivity index (χ0v) is 11.4. The number of rotatable bonds is 5. The highest BCUT2D eigenvalue weighted by atomic mass is 16.2. The summed E-state index contributed by atoms with van der Waals surface area (Å²) in [6.07, 6.45) is 8.54. The van der Waals surface area contributed by atoms with Crippen molar-refractivity contribution in [1.29, 1.82) is 0 Å². The number of aryl methyl sites for hydroxylation is 1. The van der Waals surface area contributed by atoms with Gasteiger partial charge in [-0.2, -0.15) is 0 Å². The number of imidazole rings is 1. The van der Waals surface area contributed by atoms with Crippen LogP contribution in [0.2, 0.25) is 0 Å². The predicted molar refractivity (Wildman–Crippen MR) is 71.5 cm³/mol. The van der Waals surface area contributed by atoms with Crippen molar-refractivity contribution >= 4 is 5.91 Å². The van der Waals surface area contributed by atoms with Gasteiger partial charge in [-0.05, 0) is 39.0 Å². The number of hydrogen-bond donors (Lipinski definition) is 1. The van der Waals surface area contributed by atoms with Gasteiger partial charge < -0.3 is 9.88 Å². The fraction of sp³-hybridized carbons (Fsp3) is 0.714. The number of hydrogen-bond acceptors (Lipinski definition) is 2. The minimum Gasteiger partial charge on any atom is -0.354 e. The van der Waals surface area contributed by atoms with Gasteiger partial charge in [-0.1, -0.05) is 13.3 Å². The van der Waals surface area contributed by atoms with Crippen molar-refractivity contribution in [2.75, 3.05) is 6.54 Å². The molecular weight excluding hydrogens is 226 g/mol. The second kappa shape index (κ2) is 6.03. The molecule has 0 fully saturated rings. The summed E-state index contributed by atoms with van der Waals surface area (Å²) in [7, 11) is 0. The molecule has 0 aromatic carbocycles. The molecule has 1 aliphatic rings. The average molecular weight is 249 g/mol. The molecule has 0 spiro atoms. The van der Waals surface area contributed by atoms with E-state index in [9.17, 15) is 4.79 Å². The SMILES string of the molecule is CCCCNC(=O)C(C)n1cnc2c1CCCC2. The molecule has 0 bridgehead atoms. The van der Waals surface area contributed by atoms with E-state index in [1.165, 1.54) is 24.2 Å². The van der Waals surface area contributed by atoms with Crippen LogP contribution in [-0.4, -0.2) is 22.0 Å². The van der Waals surface area contributed by atoms with Crippen molar-refractivity contribution in [3.8, 4) is 0 Å². The summed E-state index contributed by atoms with van der Waals surface area (Å²) in [6, 6.07) is -0.142. The third kappa shape index (κ3) is 2.74. The highest BCUT2D eigenvalue weighted by molar-refractivity contribution is 5.79. The van der Waals surface area contributed by atoms with Crippen molar-refractivity contribution in [2.45, 2.75) is 58.4 Å². The lowest BCUT2D eigenvalue weighted by molar-refractivity contribution is -0.123. The van der Waals surface area contributed by atoms with Crippen LogP contribution in [0, 0.1) is 0 Å². The molecule has 1 aliphatic carbocycles. The molecule has 0 saturated heterocycles. The Kier molecular flexibility index (Phi) is 4.39. The number of carbonyl (C=O) groups is 1. The Morgan fingerprint density at radius 1 is 1.50 bits per heavy atom. The van der Waals surface area contributed by atoms with Crippen LogP contribution in [0.4, 0.5) is 0 Å². The second-order valence-electron chi connectivity index (χ2n) is 5.07. The van der Waals surface area contributed by atoms with E-state index >= 15 is 0 Å². The van der Waals surface area contributed by atoms with Gasteiger partial charge in [-0.3, -0.25) is 4.79 Å². The molecule has 18 heavy (non-hydrogen) atoms. The van der Waals surface area contributed by atoms with Crippen LogP contribution >= 0.6 is 0 Å².